The summed E-state index contributed by atoms with van der Waals surface area (Å²) in [6.07, 6.45) is -3.31. The van der Waals surface area contributed by atoms with Crippen molar-refractivity contribution in [3.63, 3.8) is 0 Å². The molecule has 0 saturated carbocycles. The Labute approximate surface area is 92.0 Å². The monoisotopic (exact) mass is 230 g/mol. The van der Waals surface area contributed by atoms with Gasteiger partial charge < -0.3 is 24.2 Å². The molecule has 4 atom stereocenters. The number of ether oxygens (including phenoxy) is 2. The maximum absolute atomic E-state index is 9.72. The Balaban J connectivity index is 2.16. The smallest absolute Gasteiger partial charge is 0.226 e. The van der Waals surface area contributed by atoms with Gasteiger partial charge in [0.1, 0.15) is 12.2 Å². The first-order chi connectivity index (χ1) is 7.67. The number of aliphatic hydroxyl groups excluding tert-OH is 2. The van der Waals surface area contributed by atoms with E-state index in [9.17, 15) is 10.2 Å². The largest absolute Gasteiger partial charge is 0.387 e. The molecule has 1 aliphatic heterocycles. The standard InChI is InChI=1S/C9H14N2O5/c1-3-4-10-8(11-16-4)7-5(12)6(13)9(14-2)15-7/h5-7,9,12-13H,3H2,1-2H3/t5-,6+,7-,9?/m0/s1. The highest BCUT2D eigenvalue weighted by atomic mass is 16.7. The fourth-order valence-electron chi connectivity index (χ4n) is 1.58. The SMILES string of the molecule is CCc1nc([C@H]2OC(OC)[C@H](O)[C@@H]2O)no1. The van der Waals surface area contributed by atoms with Crippen LogP contribution in [0.15, 0.2) is 4.52 Å². The number of aryl methyl sites for hydroxylation is 1. The third-order valence-corrected chi connectivity index (χ3v) is 2.49. The molecule has 90 valence electrons. The van der Waals surface area contributed by atoms with Crippen molar-refractivity contribution in [2.75, 3.05) is 7.11 Å². The quantitative estimate of drug-likeness (QED) is 0.715. The first-order valence-electron chi connectivity index (χ1n) is 5.04. The van der Waals surface area contributed by atoms with Gasteiger partial charge in [-0.25, -0.2) is 0 Å². The molecule has 1 unspecified atom stereocenters. The molecular weight excluding hydrogens is 216 g/mol. The Bertz CT molecular complexity index is 355. The molecule has 16 heavy (non-hydrogen) atoms. The summed E-state index contributed by atoms with van der Waals surface area (Å²) in [4.78, 5) is 4.03. The number of rotatable bonds is 3. The van der Waals surface area contributed by atoms with E-state index < -0.39 is 24.6 Å². The Morgan fingerprint density at radius 3 is 2.62 bits per heavy atom. The molecule has 0 spiro atoms. The van der Waals surface area contributed by atoms with E-state index in [0.29, 0.717) is 12.3 Å². The Kier molecular flexibility index (Phi) is 3.20. The average Bonchev–Trinajstić information content (AvgIpc) is 2.86. The fourth-order valence-corrected chi connectivity index (χ4v) is 1.58. The van der Waals surface area contributed by atoms with E-state index in [-0.39, 0.29) is 5.82 Å². The number of aromatic nitrogens is 2. The van der Waals surface area contributed by atoms with Gasteiger partial charge in [0.05, 0.1) is 0 Å². The first-order valence-corrected chi connectivity index (χ1v) is 5.04. The van der Waals surface area contributed by atoms with Crippen molar-refractivity contribution in [2.45, 2.75) is 37.9 Å². The molecule has 0 amide bonds. The number of nitrogens with zero attached hydrogens (tertiary/aromatic N) is 2. The average molecular weight is 230 g/mol. The van der Waals surface area contributed by atoms with Crippen LogP contribution in [-0.2, 0) is 15.9 Å². The van der Waals surface area contributed by atoms with Gasteiger partial charge in [0.15, 0.2) is 12.4 Å². The zero-order chi connectivity index (χ0) is 11.7. The maximum atomic E-state index is 9.72. The molecule has 0 bridgehead atoms. The molecule has 1 aliphatic rings. The minimum atomic E-state index is -1.12. The minimum Gasteiger partial charge on any atom is -0.387 e. The van der Waals surface area contributed by atoms with Gasteiger partial charge in [-0.05, 0) is 0 Å². The molecule has 1 aromatic heterocycles. The lowest BCUT2D eigenvalue weighted by molar-refractivity contribution is -0.150. The van der Waals surface area contributed by atoms with Gasteiger partial charge in [0, 0.05) is 13.5 Å². The lowest BCUT2D eigenvalue weighted by atomic mass is 10.1. The van der Waals surface area contributed by atoms with Crippen molar-refractivity contribution in [2.24, 2.45) is 0 Å². The van der Waals surface area contributed by atoms with E-state index in [2.05, 4.69) is 10.1 Å². The molecule has 0 radical (unpaired) electrons. The summed E-state index contributed by atoms with van der Waals surface area (Å²) in [5, 5.41) is 23.0. The summed E-state index contributed by atoms with van der Waals surface area (Å²) in [5.41, 5.74) is 0. The number of aliphatic hydroxyl groups is 2. The van der Waals surface area contributed by atoms with Gasteiger partial charge in [-0.3, -0.25) is 0 Å². The molecule has 0 aliphatic carbocycles. The van der Waals surface area contributed by atoms with E-state index in [1.807, 2.05) is 6.92 Å². The van der Waals surface area contributed by atoms with Crippen molar-refractivity contribution < 1.29 is 24.2 Å². The van der Waals surface area contributed by atoms with Gasteiger partial charge in [-0.2, -0.15) is 4.98 Å². The van der Waals surface area contributed by atoms with Crippen LogP contribution in [0, 0.1) is 0 Å². The molecular formula is C9H14N2O5. The Morgan fingerprint density at radius 2 is 2.12 bits per heavy atom. The minimum absolute atomic E-state index is 0.225. The van der Waals surface area contributed by atoms with Crippen LogP contribution in [0.2, 0.25) is 0 Å². The summed E-state index contributed by atoms with van der Waals surface area (Å²) < 4.78 is 15.0. The maximum Gasteiger partial charge on any atom is 0.226 e. The predicted octanol–water partition coefficient (Wildman–Crippen LogP) is -0.602. The van der Waals surface area contributed by atoms with Gasteiger partial charge in [0.2, 0.25) is 11.7 Å². The molecule has 0 aromatic carbocycles. The van der Waals surface area contributed by atoms with Crippen molar-refractivity contribution in [1.82, 2.24) is 10.1 Å². The second-order valence-corrected chi connectivity index (χ2v) is 3.54. The summed E-state index contributed by atoms with van der Waals surface area (Å²) in [7, 11) is 1.39. The van der Waals surface area contributed by atoms with E-state index in [1.54, 1.807) is 0 Å². The van der Waals surface area contributed by atoms with Crippen LogP contribution < -0.4 is 0 Å². The molecule has 7 nitrogen and oxygen atoms in total. The predicted molar refractivity (Wildman–Crippen MR) is 50.3 cm³/mol. The van der Waals surface area contributed by atoms with E-state index >= 15 is 0 Å². The molecule has 2 N–H and O–H groups in total. The number of hydrogen-bond acceptors (Lipinski definition) is 7. The van der Waals surface area contributed by atoms with Crippen LogP contribution in [0.3, 0.4) is 0 Å². The number of methoxy groups -OCH3 is 1. The first kappa shape index (κ1) is 11.5. The summed E-state index contributed by atoms with van der Waals surface area (Å²) in [6.45, 7) is 1.87. The highest BCUT2D eigenvalue weighted by Crippen LogP contribution is 2.32. The van der Waals surface area contributed by atoms with E-state index in [0.717, 1.165) is 0 Å². The van der Waals surface area contributed by atoms with E-state index in [1.165, 1.54) is 7.11 Å². The Morgan fingerprint density at radius 1 is 1.38 bits per heavy atom. The van der Waals surface area contributed by atoms with Gasteiger partial charge >= 0.3 is 0 Å². The topological polar surface area (TPSA) is 97.8 Å². The zero-order valence-electron chi connectivity index (χ0n) is 9.03. The normalized spacial score (nSPS) is 34.5. The molecule has 1 fully saturated rings. The number of hydrogen-bond donors (Lipinski definition) is 2. The van der Waals surface area contributed by atoms with Crippen molar-refractivity contribution >= 4 is 0 Å². The summed E-state index contributed by atoms with van der Waals surface area (Å²) in [6, 6.07) is 0. The summed E-state index contributed by atoms with van der Waals surface area (Å²) in [5.74, 6) is 0.684. The molecule has 1 aromatic rings. The second kappa shape index (κ2) is 4.46. The van der Waals surface area contributed by atoms with Crippen molar-refractivity contribution in [3.8, 4) is 0 Å². The van der Waals surface area contributed by atoms with Crippen molar-refractivity contribution in [1.29, 1.82) is 0 Å². The van der Waals surface area contributed by atoms with Crippen LogP contribution >= 0.6 is 0 Å². The highest BCUT2D eigenvalue weighted by molar-refractivity contribution is 5.00. The highest BCUT2D eigenvalue weighted by Gasteiger charge is 2.45. The van der Waals surface area contributed by atoms with Crippen LogP contribution in [0.1, 0.15) is 24.7 Å². The lowest BCUT2D eigenvalue weighted by Gasteiger charge is -2.11. The van der Waals surface area contributed by atoms with Crippen LogP contribution in [0.5, 0.6) is 0 Å². The van der Waals surface area contributed by atoms with Crippen LogP contribution in [0.4, 0.5) is 0 Å². The third-order valence-electron chi connectivity index (χ3n) is 2.49. The van der Waals surface area contributed by atoms with Crippen molar-refractivity contribution in [3.05, 3.63) is 11.7 Å². The van der Waals surface area contributed by atoms with Gasteiger partial charge in [0.25, 0.3) is 0 Å². The fraction of sp³-hybridized carbons (Fsp3) is 0.778. The molecule has 1 saturated heterocycles. The molecule has 2 heterocycles. The van der Waals surface area contributed by atoms with Gasteiger partial charge in [-0.15, -0.1) is 0 Å². The second-order valence-electron chi connectivity index (χ2n) is 3.54. The molecule has 7 heteroatoms. The summed E-state index contributed by atoms with van der Waals surface area (Å²) >= 11 is 0. The van der Waals surface area contributed by atoms with Crippen LogP contribution in [-0.4, -0.2) is 46.0 Å². The lowest BCUT2D eigenvalue weighted by Crippen LogP contribution is -2.31. The van der Waals surface area contributed by atoms with Crippen LogP contribution in [0.25, 0.3) is 0 Å². The Hall–Kier alpha value is -1.02. The van der Waals surface area contributed by atoms with Gasteiger partial charge in [-0.1, -0.05) is 12.1 Å². The zero-order valence-corrected chi connectivity index (χ0v) is 9.03. The third kappa shape index (κ3) is 1.82. The van der Waals surface area contributed by atoms with E-state index in [4.69, 9.17) is 14.0 Å². The molecule has 2 rings (SSSR count).